The van der Waals surface area contributed by atoms with Crippen LogP contribution in [0.1, 0.15) is 30.5 Å². The lowest BCUT2D eigenvalue weighted by Gasteiger charge is -2.44. The molecule has 3 aliphatic rings. The summed E-state index contributed by atoms with van der Waals surface area (Å²) in [7, 11) is 4.52. The van der Waals surface area contributed by atoms with Crippen molar-refractivity contribution < 1.29 is 5.11 Å². The highest BCUT2D eigenvalue weighted by Crippen LogP contribution is 2.57. The van der Waals surface area contributed by atoms with Crippen molar-refractivity contribution in [1.82, 2.24) is 9.47 Å². The second kappa shape index (κ2) is 4.96. The van der Waals surface area contributed by atoms with Gasteiger partial charge >= 0.3 is 0 Å². The SMILES string of the molecule is C/C=C1/[C@@H]2C[C@H]3c4c(c5ccccc5n4C)C[C@@H]([C@@H]2CO)N(C)[C@@H]13. The van der Waals surface area contributed by atoms with Gasteiger partial charge in [-0.15, -0.1) is 0 Å². The molecular formula is C21H26N2O. The molecule has 3 nitrogen and oxygen atoms in total. The molecule has 5 atom stereocenters. The molecule has 3 heteroatoms. The first-order valence-electron chi connectivity index (χ1n) is 9.22. The molecule has 1 N–H and O–H groups in total. The number of rotatable bonds is 1. The Hall–Kier alpha value is -1.58. The summed E-state index contributed by atoms with van der Waals surface area (Å²) in [4.78, 5) is 2.58. The lowest BCUT2D eigenvalue weighted by molar-refractivity contribution is 0.0592. The Balaban J connectivity index is 1.81. The molecule has 24 heavy (non-hydrogen) atoms. The maximum atomic E-state index is 10.2. The minimum Gasteiger partial charge on any atom is -0.396 e. The number of hydrogen-bond donors (Lipinski definition) is 1. The van der Waals surface area contributed by atoms with E-state index in [-0.39, 0.29) is 0 Å². The zero-order valence-corrected chi connectivity index (χ0v) is 14.7. The summed E-state index contributed by atoms with van der Waals surface area (Å²) in [6.07, 6.45) is 4.59. The topological polar surface area (TPSA) is 28.4 Å². The molecule has 0 spiro atoms. The fourth-order valence-corrected chi connectivity index (χ4v) is 6.29. The molecule has 2 aromatic rings. The molecule has 1 aromatic heterocycles. The zero-order chi connectivity index (χ0) is 16.6. The largest absolute Gasteiger partial charge is 0.396 e. The van der Waals surface area contributed by atoms with Gasteiger partial charge in [0.15, 0.2) is 0 Å². The quantitative estimate of drug-likeness (QED) is 0.817. The van der Waals surface area contributed by atoms with Gasteiger partial charge in [-0.25, -0.2) is 0 Å². The number of piperidine rings is 1. The summed E-state index contributed by atoms with van der Waals surface area (Å²) in [5.41, 5.74) is 6.01. The van der Waals surface area contributed by atoms with Gasteiger partial charge in [0.1, 0.15) is 0 Å². The molecule has 0 radical (unpaired) electrons. The van der Waals surface area contributed by atoms with Crippen LogP contribution in [0.25, 0.3) is 10.9 Å². The predicted molar refractivity (Wildman–Crippen MR) is 97.1 cm³/mol. The highest BCUT2D eigenvalue weighted by molar-refractivity contribution is 5.86. The number of benzene rings is 1. The molecule has 5 rings (SSSR count). The number of aryl methyl sites for hydroxylation is 1. The maximum Gasteiger partial charge on any atom is 0.0482 e. The van der Waals surface area contributed by atoms with E-state index < -0.39 is 0 Å². The van der Waals surface area contributed by atoms with Crippen molar-refractivity contribution in [2.45, 2.75) is 37.8 Å². The Kier molecular flexibility index (Phi) is 3.05. The summed E-state index contributed by atoms with van der Waals surface area (Å²) >= 11 is 0. The molecular weight excluding hydrogens is 296 g/mol. The number of para-hydroxylation sites is 1. The maximum absolute atomic E-state index is 10.2. The molecule has 126 valence electrons. The Morgan fingerprint density at radius 2 is 2.00 bits per heavy atom. The van der Waals surface area contributed by atoms with Crippen molar-refractivity contribution in [2.24, 2.45) is 18.9 Å². The highest BCUT2D eigenvalue weighted by Gasteiger charge is 2.55. The van der Waals surface area contributed by atoms with Gasteiger partial charge in [0, 0.05) is 54.2 Å². The molecule has 3 heterocycles. The van der Waals surface area contributed by atoms with Crippen LogP contribution in [0.3, 0.4) is 0 Å². The van der Waals surface area contributed by atoms with E-state index in [1.165, 1.54) is 22.9 Å². The number of aromatic nitrogens is 1. The van der Waals surface area contributed by atoms with Crippen LogP contribution in [0.2, 0.25) is 0 Å². The van der Waals surface area contributed by atoms with Gasteiger partial charge in [-0.2, -0.15) is 0 Å². The van der Waals surface area contributed by atoms with Gasteiger partial charge in [0.2, 0.25) is 0 Å². The van der Waals surface area contributed by atoms with Crippen LogP contribution in [-0.2, 0) is 13.5 Å². The molecule has 1 aromatic carbocycles. The van der Waals surface area contributed by atoms with E-state index in [1.807, 2.05) is 0 Å². The molecule has 2 aliphatic heterocycles. The zero-order valence-electron chi connectivity index (χ0n) is 14.7. The molecule has 1 saturated carbocycles. The monoisotopic (exact) mass is 322 g/mol. The predicted octanol–water partition coefficient (Wildman–Crippen LogP) is 3.08. The lowest BCUT2D eigenvalue weighted by Crippen LogP contribution is -2.52. The van der Waals surface area contributed by atoms with E-state index in [0.29, 0.717) is 36.4 Å². The fourth-order valence-electron chi connectivity index (χ4n) is 6.29. The number of aliphatic hydroxyl groups excluding tert-OH is 1. The normalized spacial score (nSPS) is 36.5. The average Bonchev–Trinajstić information content (AvgIpc) is 3.02. The molecule has 1 aliphatic carbocycles. The number of allylic oxidation sites excluding steroid dienone is 1. The second-order valence-electron chi connectivity index (χ2n) is 7.91. The van der Waals surface area contributed by atoms with Crippen LogP contribution in [0.4, 0.5) is 0 Å². The number of nitrogens with zero attached hydrogens (tertiary/aromatic N) is 2. The van der Waals surface area contributed by atoms with Crippen LogP contribution >= 0.6 is 0 Å². The van der Waals surface area contributed by atoms with Crippen molar-refractivity contribution in [3.8, 4) is 0 Å². The molecule has 2 fully saturated rings. The third-order valence-corrected chi connectivity index (χ3v) is 7.20. The Labute approximate surface area is 143 Å². The van der Waals surface area contributed by atoms with Gasteiger partial charge in [0.05, 0.1) is 0 Å². The first-order chi connectivity index (χ1) is 11.7. The van der Waals surface area contributed by atoms with Crippen LogP contribution in [0.5, 0.6) is 0 Å². The van der Waals surface area contributed by atoms with Gasteiger partial charge in [-0.05, 0) is 44.4 Å². The van der Waals surface area contributed by atoms with E-state index >= 15 is 0 Å². The van der Waals surface area contributed by atoms with E-state index in [0.717, 1.165) is 6.42 Å². The highest BCUT2D eigenvalue weighted by atomic mass is 16.3. The second-order valence-corrected chi connectivity index (χ2v) is 7.91. The molecule has 0 unspecified atom stereocenters. The summed E-state index contributed by atoms with van der Waals surface area (Å²) in [5, 5.41) is 11.6. The standard InChI is InChI=1S/C21H26N2O/c1-4-12-14-9-16-20(12)23(3)19(17(14)11-24)10-15-13-7-5-6-8-18(13)22(2)21(15)16/h4-8,14,16-17,19-20,24H,9-11H2,1-3H3/b12-4-/t14-,16+,17+,19-,20-/m0/s1. The number of aliphatic hydroxyl groups is 1. The Morgan fingerprint density at radius 3 is 2.75 bits per heavy atom. The summed E-state index contributed by atoms with van der Waals surface area (Å²) < 4.78 is 2.45. The van der Waals surface area contributed by atoms with Gasteiger partial charge in [-0.1, -0.05) is 29.8 Å². The summed E-state index contributed by atoms with van der Waals surface area (Å²) in [6, 6.07) is 9.80. The number of fused-ring (bicyclic) bond motifs is 6. The van der Waals surface area contributed by atoms with Crippen molar-refractivity contribution in [3.63, 3.8) is 0 Å². The summed E-state index contributed by atoms with van der Waals surface area (Å²) in [6.45, 7) is 2.48. The van der Waals surface area contributed by atoms with E-state index in [9.17, 15) is 5.11 Å². The third kappa shape index (κ3) is 1.60. The Bertz CT molecular complexity index is 849. The van der Waals surface area contributed by atoms with E-state index in [4.69, 9.17) is 0 Å². The van der Waals surface area contributed by atoms with Crippen LogP contribution < -0.4 is 0 Å². The van der Waals surface area contributed by atoms with Crippen molar-refractivity contribution in [2.75, 3.05) is 13.7 Å². The minimum atomic E-state index is 0.302. The Morgan fingerprint density at radius 1 is 1.21 bits per heavy atom. The van der Waals surface area contributed by atoms with Gasteiger partial charge in [-0.3, -0.25) is 4.90 Å². The number of likely N-dealkylation sites (N-methyl/N-ethyl adjacent to an activating group) is 1. The van der Waals surface area contributed by atoms with Crippen LogP contribution in [0, 0.1) is 11.8 Å². The fraction of sp³-hybridized carbons (Fsp3) is 0.524. The smallest absolute Gasteiger partial charge is 0.0482 e. The third-order valence-electron chi connectivity index (χ3n) is 7.20. The van der Waals surface area contributed by atoms with Crippen LogP contribution in [0.15, 0.2) is 35.9 Å². The number of hydrogen-bond acceptors (Lipinski definition) is 2. The molecule has 3 bridgehead atoms. The van der Waals surface area contributed by atoms with E-state index in [2.05, 4.69) is 60.8 Å². The first-order valence-corrected chi connectivity index (χ1v) is 9.22. The van der Waals surface area contributed by atoms with Crippen molar-refractivity contribution in [3.05, 3.63) is 47.2 Å². The van der Waals surface area contributed by atoms with Crippen molar-refractivity contribution >= 4 is 10.9 Å². The molecule has 1 saturated heterocycles. The molecule has 0 amide bonds. The minimum absolute atomic E-state index is 0.302. The average molecular weight is 322 g/mol. The van der Waals surface area contributed by atoms with Gasteiger partial charge in [0.25, 0.3) is 0 Å². The van der Waals surface area contributed by atoms with Gasteiger partial charge < -0.3 is 9.67 Å². The summed E-state index contributed by atoms with van der Waals surface area (Å²) in [5.74, 6) is 1.48. The first kappa shape index (κ1) is 14.7. The van der Waals surface area contributed by atoms with Crippen molar-refractivity contribution in [1.29, 1.82) is 0 Å². The van der Waals surface area contributed by atoms with E-state index in [1.54, 1.807) is 11.3 Å². The lowest BCUT2D eigenvalue weighted by atomic mass is 9.76. The van der Waals surface area contributed by atoms with Crippen LogP contribution in [-0.4, -0.2) is 40.3 Å².